The summed E-state index contributed by atoms with van der Waals surface area (Å²) in [5.74, 6) is 3.39. The van der Waals surface area contributed by atoms with Crippen molar-refractivity contribution in [2.75, 3.05) is 20.2 Å². The molecule has 0 amide bonds. The van der Waals surface area contributed by atoms with Crippen molar-refractivity contribution >= 4 is 0 Å². The SMILES string of the molecule is COC(c1noc(CC(C)C2CCCNC2)n1)C1CC1. The zero-order valence-corrected chi connectivity index (χ0v) is 12.5. The van der Waals surface area contributed by atoms with E-state index < -0.39 is 0 Å². The second-order valence-corrected chi connectivity index (χ2v) is 6.33. The highest BCUT2D eigenvalue weighted by Crippen LogP contribution is 2.42. The molecule has 0 aromatic carbocycles. The van der Waals surface area contributed by atoms with Crippen LogP contribution in [0.4, 0.5) is 0 Å². The molecule has 1 aromatic rings. The van der Waals surface area contributed by atoms with Crippen LogP contribution in [0.1, 0.15) is 50.4 Å². The molecule has 5 heteroatoms. The van der Waals surface area contributed by atoms with Gasteiger partial charge in [-0.1, -0.05) is 12.1 Å². The molecule has 2 aliphatic rings. The molecule has 3 rings (SSSR count). The van der Waals surface area contributed by atoms with Crippen LogP contribution in [0.2, 0.25) is 0 Å². The molecule has 2 fully saturated rings. The van der Waals surface area contributed by atoms with E-state index >= 15 is 0 Å². The van der Waals surface area contributed by atoms with Crippen LogP contribution in [-0.4, -0.2) is 30.3 Å². The Morgan fingerprint density at radius 3 is 2.85 bits per heavy atom. The molecule has 0 radical (unpaired) electrons. The summed E-state index contributed by atoms with van der Waals surface area (Å²) < 4.78 is 10.9. The van der Waals surface area contributed by atoms with E-state index in [-0.39, 0.29) is 6.10 Å². The van der Waals surface area contributed by atoms with Gasteiger partial charge in [-0.15, -0.1) is 0 Å². The average Bonchev–Trinajstić information content (AvgIpc) is 3.21. The standard InChI is InChI=1S/C15H25N3O2/c1-10(12-4-3-7-16-9-12)8-13-17-15(18-20-13)14(19-2)11-5-6-11/h10-12,14,16H,3-9H2,1-2H3. The first-order valence-corrected chi connectivity index (χ1v) is 7.84. The van der Waals surface area contributed by atoms with Gasteiger partial charge in [-0.25, -0.2) is 0 Å². The third-order valence-electron chi connectivity index (χ3n) is 4.68. The van der Waals surface area contributed by atoms with Crippen molar-refractivity contribution in [1.29, 1.82) is 0 Å². The van der Waals surface area contributed by atoms with Crippen molar-refractivity contribution in [2.45, 2.75) is 45.1 Å². The van der Waals surface area contributed by atoms with Crippen LogP contribution in [-0.2, 0) is 11.2 Å². The Bertz CT molecular complexity index is 425. The minimum absolute atomic E-state index is 0.0270. The van der Waals surface area contributed by atoms with Crippen molar-refractivity contribution in [1.82, 2.24) is 15.5 Å². The Kier molecular flexibility index (Phi) is 4.36. The summed E-state index contributed by atoms with van der Waals surface area (Å²) >= 11 is 0. The fraction of sp³-hybridized carbons (Fsp3) is 0.867. The normalized spacial score (nSPS) is 26.4. The zero-order chi connectivity index (χ0) is 13.9. The average molecular weight is 279 g/mol. The van der Waals surface area contributed by atoms with Gasteiger partial charge in [0.1, 0.15) is 6.10 Å². The highest BCUT2D eigenvalue weighted by atomic mass is 16.5. The first kappa shape index (κ1) is 14.0. The molecule has 1 saturated carbocycles. The van der Waals surface area contributed by atoms with Gasteiger partial charge in [0, 0.05) is 13.5 Å². The lowest BCUT2D eigenvalue weighted by molar-refractivity contribution is 0.0751. The summed E-state index contributed by atoms with van der Waals surface area (Å²) in [7, 11) is 1.73. The Labute approximate surface area is 120 Å². The molecule has 5 nitrogen and oxygen atoms in total. The third kappa shape index (κ3) is 3.20. The van der Waals surface area contributed by atoms with E-state index in [2.05, 4.69) is 22.4 Å². The Morgan fingerprint density at radius 2 is 2.20 bits per heavy atom. The van der Waals surface area contributed by atoms with Crippen molar-refractivity contribution in [2.24, 2.45) is 17.8 Å². The van der Waals surface area contributed by atoms with E-state index in [1.807, 2.05) is 0 Å². The van der Waals surface area contributed by atoms with E-state index in [1.165, 1.54) is 25.7 Å². The quantitative estimate of drug-likeness (QED) is 0.866. The molecule has 1 aromatic heterocycles. The first-order chi connectivity index (χ1) is 9.78. The molecule has 0 spiro atoms. The summed E-state index contributed by atoms with van der Waals surface area (Å²) in [6, 6.07) is 0. The molecular weight excluding hydrogens is 254 g/mol. The number of methoxy groups -OCH3 is 1. The lowest BCUT2D eigenvalue weighted by Crippen LogP contribution is -2.33. The van der Waals surface area contributed by atoms with Crippen molar-refractivity contribution in [3.05, 3.63) is 11.7 Å². The van der Waals surface area contributed by atoms with Gasteiger partial charge in [0.05, 0.1) is 0 Å². The largest absolute Gasteiger partial charge is 0.373 e. The van der Waals surface area contributed by atoms with Gasteiger partial charge in [-0.3, -0.25) is 0 Å². The molecule has 1 aliphatic heterocycles. The maximum Gasteiger partial charge on any atom is 0.227 e. The summed E-state index contributed by atoms with van der Waals surface area (Å²) in [5, 5.41) is 7.59. The monoisotopic (exact) mass is 279 g/mol. The summed E-state index contributed by atoms with van der Waals surface area (Å²) in [6.07, 6.45) is 5.91. The van der Waals surface area contributed by atoms with Crippen LogP contribution in [0.3, 0.4) is 0 Å². The van der Waals surface area contributed by atoms with Crippen LogP contribution in [0.5, 0.6) is 0 Å². The van der Waals surface area contributed by atoms with Crippen molar-refractivity contribution in [3.8, 4) is 0 Å². The maximum atomic E-state index is 5.50. The van der Waals surface area contributed by atoms with E-state index in [0.29, 0.717) is 11.8 Å². The summed E-state index contributed by atoms with van der Waals surface area (Å²) in [5.41, 5.74) is 0. The predicted octanol–water partition coefficient (Wildman–Crippen LogP) is 2.35. The highest BCUT2D eigenvalue weighted by molar-refractivity contribution is 4.99. The number of piperidine rings is 1. The van der Waals surface area contributed by atoms with Gasteiger partial charge < -0.3 is 14.6 Å². The Balaban J connectivity index is 1.58. The van der Waals surface area contributed by atoms with E-state index in [1.54, 1.807) is 7.11 Å². The van der Waals surface area contributed by atoms with Gasteiger partial charge in [0.15, 0.2) is 0 Å². The Morgan fingerprint density at radius 1 is 1.35 bits per heavy atom. The summed E-state index contributed by atoms with van der Waals surface area (Å²) in [4.78, 5) is 4.55. The van der Waals surface area contributed by atoms with Gasteiger partial charge >= 0.3 is 0 Å². The number of ether oxygens (including phenoxy) is 1. The molecule has 0 bridgehead atoms. The fourth-order valence-corrected chi connectivity index (χ4v) is 3.18. The van der Waals surface area contributed by atoms with Gasteiger partial charge in [-0.05, 0) is 56.5 Å². The van der Waals surface area contributed by atoms with Gasteiger partial charge in [0.2, 0.25) is 11.7 Å². The molecule has 3 unspecified atom stereocenters. The molecule has 112 valence electrons. The van der Waals surface area contributed by atoms with Crippen molar-refractivity contribution < 1.29 is 9.26 Å². The number of hydrogen-bond donors (Lipinski definition) is 1. The number of nitrogens with one attached hydrogen (secondary N) is 1. The second kappa shape index (κ2) is 6.22. The smallest absolute Gasteiger partial charge is 0.227 e. The zero-order valence-electron chi connectivity index (χ0n) is 12.5. The second-order valence-electron chi connectivity index (χ2n) is 6.33. The van der Waals surface area contributed by atoms with Crippen LogP contribution in [0.15, 0.2) is 4.52 Å². The maximum absolute atomic E-state index is 5.50. The Hall–Kier alpha value is -0.940. The highest BCUT2D eigenvalue weighted by Gasteiger charge is 2.35. The van der Waals surface area contributed by atoms with E-state index in [0.717, 1.165) is 37.1 Å². The van der Waals surface area contributed by atoms with Crippen LogP contribution < -0.4 is 5.32 Å². The van der Waals surface area contributed by atoms with Crippen molar-refractivity contribution in [3.63, 3.8) is 0 Å². The van der Waals surface area contributed by atoms with Crippen LogP contribution in [0.25, 0.3) is 0 Å². The lowest BCUT2D eigenvalue weighted by atomic mass is 9.85. The van der Waals surface area contributed by atoms with E-state index in [4.69, 9.17) is 9.26 Å². The molecule has 2 heterocycles. The summed E-state index contributed by atoms with van der Waals surface area (Å²) in [6.45, 7) is 4.56. The lowest BCUT2D eigenvalue weighted by Gasteiger charge is -2.27. The predicted molar refractivity (Wildman–Crippen MR) is 75.2 cm³/mol. The van der Waals surface area contributed by atoms with Crippen LogP contribution >= 0.6 is 0 Å². The number of hydrogen-bond acceptors (Lipinski definition) is 5. The van der Waals surface area contributed by atoms with E-state index in [9.17, 15) is 0 Å². The molecule has 1 N–H and O–H groups in total. The first-order valence-electron chi connectivity index (χ1n) is 7.84. The molecule has 1 aliphatic carbocycles. The fourth-order valence-electron chi connectivity index (χ4n) is 3.18. The molecule has 20 heavy (non-hydrogen) atoms. The van der Waals surface area contributed by atoms with Crippen LogP contribution in [0, 0.1) is 17.8 Å². The minimum Gasteiger partial charge on any atom is -0.373 e. The molecular formula is C15H25N3O2. The molecule has 1 saturated heterocycles. The molecule has 3 atom stereocenters. The van der Waals surface area contributed by atoms with Gasteiger partial charge in [0.25, 0.3) is 0 Å². The minimum atomic E-state index is 0.0270. The number of nitrogens with zero attached hydrogens (tertiary/aromatic N) is 2. The number of aromatic nitrogens is 2. The van der Waals surface area contributed by atoms with Gasteiger partial charge in [-0.2, -0.15) is 4.98 Å². The topological polar surface area (TPSA) is 60.2 Å². The third-order valence-corrected chi connectivity index (χ3v) is 4.68. The number of rotatable bonds is 6.